The molecule has 0 atom stereocenters. The summed E-state index contributed by atoms with van der Waals surface area (Å²) in [6.45, 7) is 3.98. The third-order valence-electron chi connectivity index (χ3n) is 3.04. The Morgan fingerprint density at radius 2 is 2.17 bits per heavy atom. The molecule has 5 nitrogen and oxygen atoms in total. The van der Waals surface area contributed by atoms with Crippen molar-refractivity contribution < 1.29 is 9.53 Å². The molecule has 0 aliphatic carbocycles. The first-order chi connectivity index (χ1) is 8.44. The number of carbonyl (C=O) groups excluding carboxylic acids is 1. The fourth-order valence-electron chi connectivity index (χ4n) is 2.13. The lowest BCUT2D eigenvalue weighted by Crippen LogP contribution is -2.39. The van der Waals surface area contributed by atoms with Gasteiger partial charge in [0, 0.05) is 17.4 Å². The molecular weight excluding hydrogens is 230 g/mol. The molecule has 0 spiro atoms. The second kappa shape index (κ2) is 4.33. The molecule has 0 saturated heterocycles. The number of benzene rings is 1. The number of carbonyl (C=O) groups is 1. The number of rotatable bonds is 2. The predicted octanol–water partition coefficient (Wildman–Crippen LogP) is 1.53. The molecular formula is C13H17N3O2. The van der Waals surface area contributed by atoms with Gasteiger partial charge in [-0.05, 0) is 18.2 Å². The lowest BCUT2D eigenvalue weighted by Gasteiger charge is -2.29. The van der Waals surface area contributed by atoms with E-state index in [1.54, 1.807) is 13.2 Å². The third-order valence-corrected chi connectivity index (χ3v) is 3.04. The number of nitrogen functional groups attached to an aromatic ring is 1. The van der Waals surface area contributed by atoms with E-state index < -0.39 is 0 Å². The summed E-state index contributed by atoms with van der Waals surface area (Å²) < 4.78 is 5.12. The van der Waals surface area contributed by atoms with Crippen LogP contribution in [0.2, 0.25) is 0 Å². The van der Waals surface area contributed by atoms with Crippen LogP contribution in [0.4, 0.5) is 5.69 Å². The largest absolute Gasteiger partial charge is 0.495 e. The van der Waals surface area contributed by atoms with Gasteiger partial charge in [-0.15, -0.1) is 0 Å². The fraction of sp³-hybridized carbons (Fsp3) is 0.385. The van der Waals surface area contributed by atoms with Crippen LogP contribution in [0.3, 0.4) is 0 Å². The van der Waals surface area contributed by atoms with Gasteiger partial charge in [-0.3, -0.25) is 4.79 Å². The van der Waals surface area contributed by atoms with Crippen LogP contribution in [0.15, 0.2) is 23.3 Å². The summed E-state index contributed by atoms with van der Waals surface area (Å²) >= 11 is 0. The molecule has 1 aliphatic rings. The lowest BCUT2D eigenvalue weighted by atomic mass is 9.79. The molecule has 1 aromatic rings. The topological polar surface area (TPSA) is 76.7 Å². The highest BCUT2D eigenvalue weighted by Crippen LogP contribution is 2.31. The number of nitrogens with one attached hydrogen (secondary N) is 1. The maximum Gasteiger partial charge on any atom is 0.241 e. The summed E-state index contributed by atoms with van der Waals surface area (Å²) in [5, 5.41) is 4.15. The van der Waals surface area contributed by atoms with Gasteiger partial charge in [0.2, 0.25) is 5.91 Å². The Morgan fingerprint density at radius 1 is 1.44 bits per heavy atom. The van der Waals surface area contributed by atoms with E-state index in [4.69, 9.17) is 10.5 Å². The van der Waals surface area contributed by atoms with Crippen LogP contribution < -0.4 is 15.9 Å². The number of hydrogen-bond acceptors (Lipinski definition) is 4. The fourth-order valence-corrected chi connectivity index (χ4v) is 2.13. The lowest BCUT2D eigenvalue weighted by molar-refractivity contribution is -0.122. The quantitative estimate of drug-likeness (QED) is 0.778. The van der Waals surface area contributed by atoms with Gasteiger partial charge in [0.25, 0.3) is 0 Å². The van der Waals surface area contributed by atoms with E-state index in [1.807, 2.05) is 26.0 Å². The molecule has 18 heavy (non-hydrogen) atoms. The minimum atomic E-state index is -0.302. The summed E-state index contributed by atoms with van der Waals surface area (Å²) in [5.41, 5.74) is 10.4. The Bertz CT molecular complexity index is 521. The standard InChI is InChI=1S/C13H17N3O2/c1-13(2)7-11(17)15-16-12(13)8-4-5-10(18-3)9(14)6-8/h4-6H,7,14H2,1-3H3,(H,15,17). The smallest absolute Gasteiger partial charge is 0.241 e. The van der Waals surface area contributed by atoms with Gasteiger partial charge in [-0.2, -0.15) is 5.10 Å². The number of hydrogen-bond donors (Lipinski definition) is 2. The van der Waals surface area contributed by atoms with Crippen LogP contribution in [0.25, 0.3) is 0 Å². The number of nitrogens with zero attached hydrogens (tertiary/aromatic N) is 1. The highest BCUT2D eigenvalue weighted by molar-refractivity contribution is 6.08. The van der Waals surface area contributed by atoms with Crippen LogP contribution in [-0.4, -0.2) is 18.7 Å². The maximum absolute atomic E-state index is 11.4. The number of amides is 1. The summed E-state index contributed by atoms with van der Waals surface area (Å²) in [4.78, 5) is 11.4. The summed E-state index contributed by atoms with van der Waals surface area (Å²) in [6.07, 6.45) is 0.414. The second-order valence-corrected chi connectivity index (χ2v) is 5.01. The van der Waals surface area contributed by atoms with Crippen molar-refractivity contribution in [3.8, 4) is 5.75 Å². The minimum absolute atomic E-state index is 0.0646. The predicted molar refractivity (Wildman–Crippen MR) is 70.5 cm³/mol. The average molecular weight is 247 g/mol. The summed E-state index contributed by atoms with van der Waals surface area (Å²) in [6, 6.07) is 5.52. The first-order valence-electron chi connectivity index (χ1n) is 5.75. The first-order valence-corrected chi connectivity index (χ1v) is 5.75. The van der Waals surface area contributed by atoms with Crippen LogP contribution >= 0.6 is 0 Å². The molecule has 0 fully saturated rings. The van der Waals surface area contributed by atoms with Crippen molar-refractivity contribution in [3.63, 3.8) is 0 Å². The Labute approximate surface area is 106 Å². The van der Waals surface area contributed by atoms with Gasteiger partial charge in [0.15, 0.2) is 0 Å². The molecule has 0 bridgehead atoms. The summed E-state index contributed by atoms with van der Waals surface area (Å²) in [5.74, 6) is 0.572. The average Bonchev–Trinajstić information content (AvgIpc) is 2.27. The number of hydrazone groups is 1. The first kappa shape index (κ1) is 12.4. The Morgan fingerprint density at radius 3 is 2.72 bits per heavy atom. The van der Waals surface area contributed by atoms with Crippen LogP contribution in [0.1, 0.15) is 25.8 Å². The van der Waals surface area contributed by atoms with Crippen molar-refractivity contribution in [2.24, 2.45) is 10.5 Å². The van der Waals surface area contributed by atoms with Gasteiger partial charge in [0.1, 0.15) is 5.75 Å². The summed E-state index contributed by atoms with van der Waals surface area (Å²) in [7, 11) is 1.58. The maximum atomic E-state index is 11.4. The highest BCUT2D eigenvalue weighted by atomic mass is 16.5. The second-order valence-electron chi connectivity index (χ2n) is 5.01. The van der Waals surface area contributed by atoms with Crippen LogP contribution in [0, 0.1) is 5.41 Å². The molecule has 0 unspecified atom stereocenters. The molecule has 1 heterocycles. The molecule has 0 aromatic heterocycles. The van der Waals surface area contributed by atoms with Gasteiger partial charge in [-0.25, -0.2) is 5.43 Å². The van der Waals surface area contributed by atoms with Crippen LogP contribution in [0.5, 0.6) is 5.75 Å². The molecule has 0 radical (unpaired) electrons. The van der Waals surface area contributed by atoms with Crippen molar-refractivity contribution in [1.82, 2.24) is 5.43 Å². The van der Waals surface area contributed by atoms with Gasteiger partial charge in [0.05, 0.1) is 18.5 Å². The van der Waals surface area contributed by atoms with Gasteiger partial charge < -0.3 is 10.5 Å². The van der Waals surface area contributed by atoms with Crippen molar-refractivity contribution in [2.75, 3.05) is 12.8 Å². The Hall–Kier alpha value is -2.04. The molecule has 1 aromatic carbocycles. The zero-order valence-corrected chi connectivity index (χ0v) is 10.8. The molecule has 3 N–H and O–H groups in total. The minimum Gasteiger partial charge on any atom is -0.495 e. The van der Waals surface area contributed by atoms with Gasteiger partial charge in [-0.1, -0.05) is 13.8 Å². The molecule has 96 valence electrons. The Balaban J connectivity index is 2.42. The van der Waals surface area contributed by atoms with Crippen molar-refractivity contribution in [1.29, 1.82) is 0 Å². The van der Waals surface area contributed by atoms with Gasteiger partial charge >= 0.3 is 0 Å². The van der Waals surface area contributed by atoms with E-state index in [2.05, 4.69) is 10.5 Å². The monoisotopic (exact) mass is 247 g/mol. The number of nitrogens with two attached hydrogens (primary N) is 1. The van der Waals surface area contributed by atoms with E-state index >= 15 is 0 Å². The van der Waals surface area contributed by atoms with E-state index in [1.165, 1.54) is 0 Å². The number of methoxy groups -OCH3 is 1. The zero-order chi connectivity index (χ0) is 13.3. The highest BCUT2D eigenvalue weighted by Gasteiger charge is 2.33. The van der Waals surface area contributed by atoms with E-state index in [0.29, 0.717) is 17.9 Å². The van der Waals surface area contributed by atoms with E-state index in [-0.39, 0.29) is 11.3 Å². The zero-order valence-electron chi connectivity index (χ0n) is 10.8. The SMILES string of the molecule is COc1ccc(C2=NNC(=O)CC2(C)C)cc1N. The van der Waals surface area contributed by atoms with E-state index in [0.717, 1.165) is 11.3 Å². The molecule has 5 heteroatoms. The van der Waals surface area contributed by atoms with Crippen molar-refractivity contribution in [3.05, 3.63) is 23.8 Å². The molecule has 0 saturated carbocycles. The van der Waals surface area contributed by atoms with Crippen molar-refractivity contribution in [2.45, 2.75) is 20.3 Å². The third kappa shape index (κ3) is 2.16. The van der Waals surface area contributed by atoms with Crippen molar-refractivity contribution >= 4 is 17.3 Å². The normalized spacial score (nSPS) is 17.9. The molecule has 1 aliphatic heterocycles. The molecule has 2 rings (SSSR count). The number of anilines is 1. The Kier molecular flexibility index (Phi) is 2.98. The molecule has 1 amide bonds. The number of ether oxygens (including phenoxy) is 1. The van der Waals surface area contributed by atoms with E-state index in [9.17, 15) is 4.79 Å². The van der Waals surface area contributed by atoms with Crippen LogP contribution in [-0.2, 0) is 4.79 Å².